The van der Waals surface area contributed by atoms with Gasteiger partial charge < -0.3 is 31.2 Å². The highest BCUT2D eigenvalue weighted by Gasteiger charge is 2.40. The predicted molar refractivity (Wildman–Crippen MR) is 180 cm³/mol. The fourth-order valence-corrected chi connectivity index (χ4v) is 6.60. The second-order valence-corrected chi connectivity index (χ2v) is 12.7. The van der Waals surface area contributed by atoms with E-state index in [9.17, 15) is 18.4 Å². The van der Waals surface area contributed by atoms with Crippen LogP contribution in [0.1, 0.15) is 53.9 Å². The van der Waals surface area contributed by atoms with Gasteiger partial charge in [-0.3, -0.25) is 14.8 Å². The van der Waals surface area contributed by atoms with Crippen molar-refractivity contribution in [1.29, 1.82) is 0 Å². The van der Waals surface area contributed by atoms with Crippen molar-refractivity contribution in [3.63, 3.8) is 0 Å². The number of anilines is 1. The summed E-state index contributed by atoms with van der Waals surface area (Å²) in [6.45, 7) is 0.862. The van der Waals surface area contributed by atoms with Crippen molar-refractivity contribution < 1.29 is 32.2 Å². The third-order valence-corrected chi connectivity index (χ3v) is 9.49. The van der Waals surface area contributed by atoms with Crippen molar-refractivity contribution in [2.75, 3.05) is 25.1 Å². The Morgan fingerprint density at radius 2 is 1.62 bits per heavy atom. The second-order valence-electron chi connectivity index (χ2n) is 12.7. The van der Waals surface area contributed by atoms with Gasteiger partial charge in [-0.1, -0.05) is 24.3 Å². The van der Waals surface area contributed by atoms with Gasteiger partial charge in [0.2, 0.25) is 5.91 Å². The third kappa shape index (κ3) is 8.23. The number of nitrogens with one attached hydrogen (secondary N) is 3. The molecule has 4 aromatic rings. The number of hydrogen-bond donors (Lipinski definition) is 4. The van der Waals surface area contributed by atoms with Crippen LogP contribution < -0.4 is 21.7 Å². The van der Waals surface area contributed by atoms with Gasteiger partial charge in [0, 0.05) is 30.4 Å². The maximum atomic E-state index is 15.3. The van der Waals surface area contributed by atoms with Crippen molar-refractivity contribution in [2.24, 2.45) is 5.73 Å². The Morgan fingerprint density at radius 1 is 0.960 bits per heavy atom. The fourth-order valence-electron chi connectivity index (χ4n) is 6.60. The molecule has 1 saturated carbocycles. The zero-order valence-corrected chi connectivity index (χ0v) is 27.3. The molecule has 0 radical (unpaired) electrons. The summed E-state index contributed by atoms with van der Waals surface area (Å²) in [5.41, 5.74) is 8.12. The Labute approximate surface area is 288 Å². The summed E-state index contributed by atoms with van der Waals surface area (Å²) in [5, 5.41) is 9.47. The lowest BCUT2D eigenvalue weighted by atomic mass is 9.72. The minimum atomic E-state index is -1.12. The van der Waals surface area contributed by atoms with Crippen LogP contribution in [-0.4, -0.2) is 59.9 Å². The predicted octanol–water partition coefficient (Wildman–Crippen LogP) is 5.09. The molecule has 2 aliphatic rings. The molecule has 10 nitrogen and oxygen atoms in total. The van der Waals surface area contributed by atoms with E-state index >= 15 is 4.39 Å². The number of benzene rings is 2. The molecule has 2 aromatic carbocycles. The molecular formula is C37H39F3N6O4. The molecule has 0 unspecified atom stereocenters. The summed E-state index contributed by atoms with van der Waals surface area (Å²) in [4.78, 5) is 33.7. The smallest absolute Gasteiger partial charge is 0.407 e. The summed E-state index contributed by atoms with van der Waals surface area (Å²) in [5.74, 6) is -3.01. The van der Waals surface area contributed by atoms with E-state index in [1.165, 1.54) is 54.7 Å². The van der Waals surface area contributed by atoms with E-state index in [-0.39, 0.29) is 43.0 Å². The van der Waals surface area contributed by atoms with Crippen LogP contribution in [0.3, 0.4) is 0 Å². The fraction of sp³-hybridized carbons (Fsp3) is 0.351. The van der Waals surface area contributed by atoms with Crippen LogP contribution in [0.15, 0.2) is 85.5 Å². The number of alkyl carbamates (subject to hydrolysis) is 1. The molecule has 0 spiro atoms. The van der Waals surface area contributed by atoms with Gasteiger partial charge in [0.05, 0.1) is 42.4 Å². The van der Waals surface area contributed by atoms with Crippen LogP contribution in [0, 0.1) is 17.5 Å². The molecule has 1 aliphatic heterocycles. The number of carbonyl (C=O) groups is 2. The minimum Gasteiger partial charge on any atom is -0.448 e. The molecule has 1 saturated heterocycles. The summed E-state index contributed by atoms with van der Waals surface area (Å²) in [6.07, 6.45) is 8.54. The number of amides is 2. The van der Waals surface area contributed by atoms with Gasteiger partial charge in [0.25, 0.3) is 0 Å². The van der Waals surface area contributed by atoms with Crippen LogP contribution in [0.5, 0.6) is 0 Å². The first-order valence-corrected chi connectivity index (χ1v) is 16.6. The Morgan fingerprint density at radius 3 is 2.18 bits per heavy atom. The van der Waals surface area contributed by atoms with Gasteiger partial charge in [-0.15, -0.1) is 0 Å². The van der Waals surface area contributed by atoms with E-state index < -0.39 is 47.0 Å². The molecule has 2 amide bonds. The van der Waals surface area contributed by atoms with Crippen LogP contribution in [0.25, 0.3) is 0 Å². The normalized spacial score (nSPS) is 18.9. The summed E-state index contributed by atoms with van der Waals surface area (Å²) < 4.78 is 54.5. The molecule has 2 fully saturated rings. The number of halogens is 3. The number of ether oxygens (including phenoxy) is 2. The molecular weight excluding hydrogens is 649 g/mol. The standard InChI is InChI=1S/C37H39F3N6O4/c38-26-6-2-23(3-7-26)33(24-4-8-27(39)9-5-24)34(35(41)47)45-32-20-43-19-31(40)30(32)11-10-29-18-44-28(21-49-29)22-50-36(48)46-37(14-1-15-37)25-12-16-42-17-13-25/h2-9,12-13,16-17,19-20,28-29,33-34,44-45H,1,10-11,14-15,18,21-22H2,(H2,41,47)(H,46,48)/t28-,29+,34-/m0/s1. The Bertz CT molecular complexity index is 1710. The van der Waals surface area contributed by atoms with Crippen molar-refractivity contribution >= 4 is 17.7 Å². The minimum absolute atomic E-state index is 0.121. The molecule has 6 rings (SSSR count). The Balaban J connectivity index is 1.06. The van der Waals surface area contributed by atoms with Crippen LogP contribution in [0.4, 0.5) is 23.7 Å². The molecule has 13 heteroatoms. The van der Waals surface area contributed by atoms with E-state index in [0.717, 1.165) is 31.0 Å². The average molecular weight is 689 g/mol. The number of morpholine rings is 1. The number of nitrogens with two attached hydrogens (primary N) is 1. The van der Waals surface area contributed by atoms with E-state index in [1.807, 2.05) is 12.1 Å². The maximum Gasteiger partial charge on any atom is 0.407 e. The van der Waals surface area contributed by atoms with Gasteiger partial charge in [-0.05, 0) is 85.2 Å². The first kappa shape index (κ1) is 34.8. The zero-order chi connectivity index (χ0) is 35.1. The van der Waals surface area contributed by atoms with Gasteiger partial charge in [-0.25, -0.2) is 18.0 Å². The van der Waals surface area contributed by atoms with E-state index in [1.54, 1.807) is 12.4 Å². The molecule has 5 N–H and O–H groups in total. The highest BCUT2D eigenvalue weighted by molar-refractivity contribution is 5.85. The van der Waals surface area contributed by atoms with E-state index in [2.05, 4.69) is 25.9 Å². The molecule has 2 aromatic heterocycles. The largest absolute Gasteiger partial charge is 0.448 e. The molecule has 0 bridgehead atoms. The summed E-state index contributed by atoms with van der Waals surface area (Å²) >= 11 is 0. The van der Waals surface area contributed by atoms with Crippen molar-refractivity contribution in [1.82, 2.24) is 20.6 Å². The van der Waals surface area contributed by atoms with Gasteiger partial charge in [0.15, 0.2) is 0 Å². The van der Waals surface area contributed by atoms with Crippen molar-refractivity contribution in [3.8, 4) is 0 Å². The first-order valence-electron chi connectivity index (χ1n) is 16.6. The second kappa shape index (κ2) is 15.7. The lowest BCUT2D eigenvalue weighted by molar-refractivity contribution is -0.119. The van der Waals surface area contributed by atoms with Crippen molar-refractivity contribution in [3.05, 3.63) is 125 Å². The van der Waals surface area contributed by atoms with Crippen LogP contribution in [-0.2, 0) is 26.2 Å². The Kier molecular flexibility index (Phi) is 10.9. The van der Waals surface area contributed by atoms with E-state index in [4.69, 9.17) is 15.2 Å². The maximum absolute atomic E-state index is 15.3. The molecule has 262 valence electrons. The highest BCUT2D eigenvalue weighted by atomic mass is 19.1. The lowest BCUT2D eigenvalue weighted by Gasteiger charge is -2.42. The SMILES string of the molecule is NC(=O)[C@@H](Nc1cncc(F)c1CC[C@@H]1CN[C@H](COC(=O)NC2(c3ccncc3)CCC2)CO1)C(c1ccc(F)cc1)c1ccc(F)cc1. The number of hydrogen-bond acceptors (Lipinski definition) is 8. The topological polar surface area (TPSA) is 140 Å². The lowest BCUT2D eigenvalue weighted by Crippen LogP contribution is -2.53. The van der Waals surface area contributed by atoms with Crippen LogP contribution in [0.2, 0.25) is 0 Å². The monoisotopic (exact) mass is 688 g/mol. The number of aromatic nitrogens is 2. The number of rotatable bonds is 13. The zero-order valence-electron chi connectivity index (χ0n) is 27.3. The average Bonchev–Trinajstić information content (AvgIpc) is 3.10. The molecule has 3 heterocycles. The Hall–Kier alpha value is -5.01. The number of carbonyl (C=O) groups excluding carboxylic acids is 2. The van der Waals surface area contributed by atoms with Gasteiger partial charge in [-0.2, -0.15) is 0 Å². The highest BCUT2D eigenvalue weighted by Crippen LogP contribution is 2.41. The number of pyridine rings is 2. The van der Waals surface area contributed by atoms with Crippen LogP contribution >= 0.6 is 0 Å². The number of primary amides is 1. The quantitative estimate of drug-likeness (QED) is 0.152. The van der Waals surface area contributed by atoms with E-state index in [0.29, 0.717) is 24.1 Å². The number of nitrogens with zero attached hydrogens (tertiary/aromatic N) is 2. The van der Waals surface area contributed by atoms with Gasteiger partial charge >= 0.3 is 6.09 Å². The summed E-state index contributed by atoms with van der Waals surface area (Å²) in [7, 11) is 0. The van der Waals surface area contributed by atoms with Crippen molar-refractivity contribution in [2.45, 2.75) is 61.7 Å². The molecule has 1 aliphatic carbocycles. The first-order chi connectivity index (χ1) is 24.2. The molecule has 50 heavy (non-hydrogen) atoms. The summed E-state index contributed by atoms with van der Waals surface area (Å²) in [6, 6.07) is 13.6. The molecule has 3 atom stereocenters. The third-order valence-electron chi connectivity index (χ3n) is 9.49. The van der Waals surface area contributed by atoms with Gasteiger partial charge in [0.1, 0.15) is 30.1 Å².